The van der Waals surface area contributed by atoms with Crippen LogP contribution in [0.1, 0.15) is 15.2 Å². The molecular formula is C17H19N3O3S. The Morgan fingerprint density at radius 1 is 1.08 bits per heavy atom. The van der Waals surface area contributed by atoms with Crippen LogP contribution in [0.5, 0.6) is 0 Å². The molecule has 0 aliphatic heterocycles. The highest BCUT2D eigenvalue weighted by atomic mass is 32.1. The fourth-order valence-corrected chi connectivity index (χ4v) is 2.70. The lowest BCUT2D eigenvalue weighted by molar-refractivity contribution is -0.127. The molecule has 0 spiro atoms. The molecule has 0 aliphatic rings. The van der Waals surface area contributed by atoms with Gasteiger partial charge in [-0.1, -0.05) is 36.4 Å². The van der Waals surface area contributed by atoms with Gasteiger partial charge in [-0.05, 0) is 17.0 Å². The summed E-state index contributed by atoms with van der Waals surface area (Å²) in [7, 11) is 1.49. The number of thiophene rings is 1. The molecule has 1 aromatic heterocycles. The number of rotatable bonds is 7. The quantitative estimate of drug-likeness (QED) is 0.698. The Kier molecular flexibility index (Phi) is 6.51. The Morgan fingerprint density at radius 2 is 1.83 bits per heavy atom. The first kappa shape index (κ1) is 17.7. The summed E-state index contributed by atoms with van der Waals surface area (Å²) in [6, 6.07) is 12.1. The van der Waals surface area contributed by atoms with E-state index in [0.717, 1.165) is 5.56 Å². The summed E-state index contributed by atoms with van der Waals surface area (Å²) in [6.07, 6.45) is 0.345. The Bertz CT molecular complexity index is 686. The number of carbonyl (C=O) groups is 3. The van der Waals surface area contributed by atoms with Gasteiger partial charge in [-0.25, -0.2) is 0 Å². The van der Waals surface area contributed by atoms with Crippen LogP contribution in [0.25, 0.3) is 0 Å². The number of hydrogen-bond acceptors (Lipinski definition) is 4. The third-order valence-corrected chi connectivity index (χ3v) is 4.22. The van der Waals surface area contributed by atoms with Gasteiger partial charge in [0.2, 0.25) is 11.8 Å². The van der Waals surface area contributed by atoms with E-state index in [2.05, 4.69) is 16.0 Å². The van der Waals surface area contributed by atoms with Crippen molar-refractivity contribution < 1.29 is 14.4 Å². The molecule has 24 heavy (non-hydrogen) atoms. The summed E-state index contributed by atoms with van der Waals surface area (Å²) < 4.78 is 0. The lowest BCUT2D eigenvalue weighted by Gasteiger charge is -2.18. The number of hydrogen-bond donors (Lipinski definition) is 3. The van der Waals surface area contributed by atoms with Crippen molar-refractivity contribution in [3.05, 3.63) is 58.3 Å². The molecule has 0 saturated carbocycles. The Labute approximate surface area is 144 Å². The van der Waals surface area contributed by atoms with E-state index in [0.29, 0.717) is 11.3 Å². The second-order valence-electron chi connectivity index (χ2n) is 5.08. The molecule has 0 aliphatic carbocycles. The summed E-state index contributed by atoms with van der Waals surface area (Å²) in [4.78, 5) is 36.4. The lowest BCUT2D eigenvalue weighted by Crippen LogP contribution is -2.49. The normalized spacial score (nSPS) is 11.4. The van der Waals surface area contributed by atoms with Crippen molar-refractivity contribution in [2.75, 3.05) is 13.6 Å². The molecule has 2 aromatic rings. The van der Waals surface area contributed by atoms with E-state index in [-0.39, 0.29) is 18.4 Å². The third-order valence-electron chi connectivity index (χ3n) is 3.35. The van der Waals surface area contributed by atoms with E-state index in [1.807, 2.05) is 30.3 Å². The molecule has 3 N–H and O–H groups in total. The predicted molar refractivity (Wildman–Crippen MR) is 92.8 cm³/mol. The van der Waals surface area contributed by atoms with Crippen molar-refractivity contribution in [2.24, 2.45) is 0 Å². The first-order chi connectivity index (χ1) is 11.6. The zero-order chi connectivity index (χ0) is 17.4. The van der Waals surface area contributed by atoms with Gasteiger partial charge in [0.1, 0.15) is 6.04 Å². The van der Waals surface area contributed by atoms with Crippen LogP contribution in [0, 0.1) is 0 Å². The molecular weight excluding hydrogens is 326 g/mol. The van der Waals surface area contributed by atoms with E-state index in [9.17, 15) is 14.4 Å². The summed E-state index contributed by atoms with van der Waals surface area (Å²) in [5.74, 6) is -1.00. The Morgan fingerprint density at radius 3 is 2.46 bits per heavy atom. The van der Waals surface area contributed by atoms with Gasteiger partial charge >= 0.3 is 0 Å². The lowest BCUT2D eigenvalue weighted by atomic mass is 10.1. The van der Waals surface area contributed by atoms with Gasteiger partial charge in [0, 0.05) is 13.5 Å². The topological polar surface area (TPSA) is 87.3 Å². The van der Waals surface area contributed by atoms with Crippen LogP contribution in [-0.2, 0) is 16.0 Å². The average molecular weight is 345 g/mol. The van der Waals surface area contributed by atoms with Crippen LogP contribution >= 0.6 is 11.3 Å². The molecule has 2 rings (SSSR count). The maximum Gasteiger partial charge on any atom is 0.262 e. The molecule has 0 bridgehead atoms. The number of amides is 3. The van der Waals surface area contributed by atoms with Crippen molar-refractivity contribution in [1.29, 1.82) is 0 Å². The van der Waals surface area contributed by atoms with Gasteiger partial charge in [0.25, 0.3) is 5.91 Å². The van der Waals surface area contributed by atoms with Crippen molar-refractivity contribution in [3.8, 4) is 0 Å². The summed E-state index contributed by atoms with van der Waals surface area (Å²) >= 11 is 1.31. The molecule has 1 atom stereocenters. The number of benzene rings is 1. The van der Waals surface area contributed by atoms with E-state index in [4.69, 9.17) is 0 Å². The molecule has 1 aromatic carbocycles. The van der Waals surface area contributed by atoms with Crippen molar-refractivity contribution in [1.82, 2.24) is 16.0 Å². The summed E-state index contributed by atoms with van der Waals surface area (Å²) in [5, 5.41) is 9.51. The smallest absolute Gasteiger partial charge is 0.262 e. The van der Waals surface area contributed by atoms with Crippen LogP contribution < -0.4 is 16.0 Å². The van der Waals surface area contributed by atoms with Gasteiger partial charge < -0.3 is 16.0 Å². The van der Waals surface area contributed by atoms with E-state index in [1.165, 1.54) is 18.4 Å². The highest BCUT2D eigenvalue weighted by Crippen LogP contribution is 2.10. The minimum absolute atomic E-state index is 0.129. The molecule has 0 saturated heterocycles. The first-order valence-corrected chi connectivity index (χ1v) is 8.34. The fourth-order valence-electron chi connectivity index (χ4n) is 2.08. The second-order valence-corrected chi connectivity index (χ2v) is 6.03. The largest absolute Gasteiger partial charge is 0.358 e. The van der Waals surface area contributed by atoms with Gasteiger partial charge in [-0.2, -0.15) is 0 Å². The highest BCUT2D eigenvalue weighted by Gasteiger charge is 2.22. The zero-order valence-corrected chi connectivity index (χ0v) is 14.1. The van der Waals surface area contributed by atoms with Gasteiger partial charge in [-0.15, -0.1) is 11.3 Å². The highest BCUT2D eigenvalue weighted by molar-refractivity contribution is 7.12. The maximum atomic E-state index is 12.4. The predicted octanol–water partition coefficient (Wildman–Crippen LogP) is 0.951. The Hall–Kier alpha value is -2.67. The molecule has 1 unspecified atom stereocenters. The van der Waals surface area contributed by atoms with Gasteiger partial charge in [-0.3, -0.25) is 14.4 Å². The Balaban J connectivity index is 2.06. The number of carbonyl (C=O) groups excluding carboxylic acids is 3. The molecule has 1 heterocycles. The second kappa shape index (κ2) is 8.83. The SMILES string of the molecule is CNC(=O)CNC(=O)C(Cc1ccccc1)NC(=O)c1cccs1. The van der Waals surface area contributed by atoms with Crippen LogP contribution in [0.15, 0.2) is 47.8 Å². The van der Waals surface area contributed by atoms with Gasteiger partial charge in [0.05, 0.1) is 11.4 Å². The fraction of sp³-hybridized carbons (Fsp3) is 0.235. The minimum Gasteiger partial charge on any atom is -0.358 e. The monoisotopic (exact) mass is 345 g/mol. The number of nitrogens with one attached hydrogen (secondary N) is 3. The summed E-state index contributed by atoms with van der Waals surface area (Å²) in [5.41, 5.74) is 0.920. The van der Waals surface area contributed by atoms with Crippen LogP contribution in [0.2, 0.25) is 0 Å². The molecule has 0 fully saturated rings. The van der Waals surface area contributed by atoms with E-state index >= 15 is 0 Å². The summed E-state index contributed by atoms with van der Waals surface area (Å²) in [6.45, 7) is -0.129. The van der Waals surface area contributed by atoms with Crippen molar-refractivity contribution in [3.63, 3.8) is 0 Å². The number of likely N-dealkylation sites (N-methyl/N-ethyl adjacent to an activating group) is 1. The third kappa shape index (κ3) is 5.20. The zero-order valence-electron chi connectivity index (χ0n) is 13.2. The van der Waals surface area contributed by atoms with E-state index in [1.54, 1.807) is 17.5 Å². The first-order valence-electron chi connectivity index (χ1n) is 7.46. The van der Waals surface area contributed by atoms with Crippen molar-refractivity contribution >= 4 is 29.1 Å². The molecule has 6 nitrogen and oxygen atoms in total. The van der Waals surface area contributed by atoms with E-state index < -0.39 is 11.9 Å². The molecule has 0 radical (unpaired) electrons. The van der Waals surface area contributed by atoms with Crippen LogP contribution in [0.3, 0.4) is 0 Å². The molecule has 7 heteroatoms. The molecule has 126 valence electrons. The van der Waals surface area contributed by atoms with Crippen LogP contribution in [-0.4, -0.2) is 37.4 Å². The minimum atomic E-state index is -0.758. The van der Waals surface area contributed by atoms with Gasteiger partial charge in [0.15, 0.2) is 0 Å². The standard InChI is InChI=1S/C17H19N3O3S/c1-18-15(21)11-19-16(22)13(10-12-6-3-2-4-7-12)20-17(23)14-8-5-9-24-14/h2-9,13H,10-11H2,1H3,(H,18,21)(H,19,22)(H,20,23). The van der Waals surface area contributed by atoms with Crippen molar-refractivity contribution in [2.45, 2.75) is 12.5 Å². The van der Waals surface area contributed by atoms with Crippen LogP contribution in [0.4, 0.5) is 0 Å². The average Bonchev–Trinajstić information content (AvgIpc) is 3.14. The molecule has 3 amide bonds. The maximum absolute atomic E-state index is 12.4.